The largest absolute Gasteiger partial charge is 0.480 e. The molecule has 1 heterocycles. The first-order valence-electron chi connectivity index (χ1n) is 17.2. The normalized spacial score (nSPS) is 20.4. The smallest absolute Gasteiger partial charge is 0.407 e. The predicted molar refractivity (Wildman–Crippen MR) is 182 cm³/mol. The van der Waals surface area contributed by atoms with Gasteiger partial charge in [0.05, 0.1) is 18.6 Å². The van der Waals surface area contributed by atoms with Crippen LogP contribution < -0.4 is 16.0 Å². The number of hydrogen-bond acceptors (Lipinski definition) is 8. The molecule has 1 saturated heterocycles. The van der Waals surface area contributed by atoms with Gasteiger partial charge in [-0.3, -0.25) is 19.7 Å². The molecule has 12 heteroatoms. The van der Waals surface area contributed by atoms with Crippen LogP contribution in [-0.4, -0.2) is 89.3 Å². The molecule has 2 fully saturated rings. The van der Waals surface area contributed by atoms with Gasteiger partial charge in [-0.15, -0.1) is 0 Å². The fourth-order valence-corrected chi connectivity index (χ4v) is 7.24. The zero-order valence-electron chi connectivity index (χ0n) is 28.7. The highest BCUT2D eigenvalue weighted by atomic mass is 16.6. The van der Waals surface area contributed by atoms with Gasteiger partial charge in [0.1, 0.15) is 24.3 Å². The number of carboxylic acid groups (broad SMARTS) is 1. The summed E-state index contributed by atoms with van der Waals surface area (Å²) in [4.78, 5) is 66.3. The number of esters is 1. The molecule has 0 spiro atoms. The van der Waals surface area contributed by atoms with Crippen LogP contribution in [0.5, 0.6) is 0 Å². The monoisotopic (exact) mass is 676 g/mol. The van der Waals surface area contributed by atoms with E-state index < -0.39 is 59.6 Å². The number of carboxylic acids is 1. The number of hydrogen-bond donors (Lipinski definition) is 4. The van der Waals surface area contributed by atoms with Crippen LogP contribution in [0.3, 0.4) is 0 Å². The van der Waals surface area contributed by atoms with Gasteiger partial charge in [-0.05, 0) is 68.7 Å². The highest BCUT2D eigenvalue weighted by molar-refractivity contribution is 5.92. The average Bonchev–Trinajstić information content (AvgIpc) is 3.63. The van der Waals surface area contributed by atoms with Crippen LogP contribution in [0.2, 0.25) is 0 Å². The number of fused-ring (bicyclic) bond motifs is 3. The van der Waals surface area contributed by atoms with Gasteiger partial charge in [-0.2, -0.15) is 0 Å². The summed E-state index contributed by atoms with van der Waals surface area (Å²) in [5.41, 5.74) is 3.69. The Morgan fingerprint density at radius 2 is 1.55 bits per heavy atom. The van der Waals surface area contributed by atoms with E-state index in [9.17, 15) is 29.1 Å². The van der Waals surface area contributed by atoms with Gasteiger partial charge in [0.2, 0.25) is 11.8 Å². The Labute approximate surface area is 287 Å². The molecule has 0 bridgehead atoms. The van der Waals surface area contributed by atoms with Crippen LogP contribution in [0.4, 0.5) is 4.79 Å². The van der Waals surface area contributed by atoms with E-state index in [4.69, 9.17) is 9.47 Å². The Kier molecular flexibility index (Phi) is 11.3. The van der Waals surface area contributed by atoms with Crippen molar-refractivity contribution in [2.75, 3.05) is 19.7 Å². The summed E-state index contributed by atoms with van der Waals surface area (Å²) in [6.07, 6.45) is 3.55. The second-order valence-electron chi connectivity index (χ2n) is 14.3. The third-order valence-corrected chi connectivity index (χ3v) is 9.59. The number of ether oxygens (including phenoxy) is 2. The quantitative estimate of drug-likeness (QED) is 0.258. The van der Waals surface area contributed by atoms with Crippen molar-refractivity contribution in [2.24, 2.45) is 5.92 Å². The molecule has 4 atom stereocenters. The molecule has 2 aromatic carbocycles. The van der Waals surface area contributed by atoms with Gasteiger partial charge < -0.3 is 30.1 Å². The van der Waals surface area contributed by atoms with Crippen molar-refractivity contribution in [3.05, 3.63) is 59.7 Å². The van der Waals surface area contributed by atoms with E-state index in [0.29, 0.717) is 12.8 Å². The van der Waals surface area contributed by atoms with Crippen LogP contribution in [-0.2, 0) is 28.7 Å². The summed E-state index contributed by atoms with van der Waals surface area (Å²) in [7, 11) is 0. The molecule has 264 valence electrons. The number of likely N-dealkylation sites (tertiary alicyclic amines) is 1. The lowest BCUT2D eigenvalue weighted by molar-refractivity contribution is -0.153. The lowest BCUT2D eigenvalue weighted by Gasteiger charge is -2.34. The SMILES string of the molecule is C[C@H](NCC(=O)OC(C)(C)C)C(=O)N[C@H](C(=O)N1C[C@@H](NC(=O)OCC2c3ccccc3-c3ccccc32)C[C@H]1C(=O)O)C1CCCCC1. The van der Waals surface area contributed by atoms with E-state index in [1.165, 1.54) is 4.90 Å². The van der Waals surface area contributed by atoms with Crippen molar-refractivity contribution in [1.29, 1.82) is 0 Å². The first-order chi connectivity index (χ1) is 23.3. The van der Waals surface area contributed by atoms with Crippen LogP contribution in [0.15, 0.2) is 48.5 Å². The maximum absolute atomic E-state index is 14.1. The van der Waals surface area contributed by atoms with Crippen molar-refractivity contribution in [3.8, 4) is 11.1 Å². The number of carbonyl (C=O) groups is 5. The first-order valence-corrected chi connectivity index (χ1v) is 17.2. The second kappa shape index (κ2) is 15.4. The molecule has 0 aromatic heterocycles. The zero-order chi connectivity index (χ0) is 35.3. The molecule has 0 unspecified atom stereocenters. The van der Waals surface area contributed by atoms with Crippen molar-refractivity contribution < 1.29 is 38.6 Å². The minimum absolute atomic E-state index is 0.00441. The molecule has 49 heavy (non-hydrogen) atoms. The Hall–Kier alpha value is -4.45. The summed E-state index contributed by atoms with van der Waals surface area (Å²) in [6, 6.07) is 12.4. The molecule has 12 nitrogen and oxygen atoms in total. The van der Waals surface area contributed by atoms with Crippen LogP contribution in [0, 0.1) is 5.92 Å². The lowest BCUT2D eigenvalue weighted by Crippen LogP contribution is -2.58. The molecule has 2 aromatic rings. The van der Waals surface area contributed by atoms with E-state index >= 15 is 0 Å². The molecule has 0 radical (unpaired) electrons. The third-order valence-electron chi connectivity index (χ3n) is 9.59. The zero-order valence-corrected chi connectivity index (χ0v) is 28.7. The Morgan fingerprint density at radius 3 is 2.14 bits per heavy atom. The summed E-state index contributed by atoms with van der Waals surface area (Å²) >= 11 is 0. The fourth-order valence-electron chi connectivity index (χ4n) is 7.24. The summed E-state index contributed by atoms with van der Waals surface area (Å²) in [5.74, 6) is -2.98. The van der Waals surface area contributed by atoms with Crippen molar-refractivity contribution in [3.63, 3.8) is 0 Å². The maximum Gasteiger partial charge on any atom is 0.407 e. The summed E-state index contributed by atoms with van der Waals surface area (Å²) < 4.78 is 11.0. The molecule has 5 rings (SSSR count). The highest BCUT2D eigenvalue weighted by Gasteiger charge is 2.45. The van der Waals surface area contributed by atoms with Gasteiger partial charge in [0.15, 0.2) is 0 Å². The Bertz CT molecular complexity index is 1500. The predicted octanol–water partition coefficient (Wildman–Crippen LogP) is 3.96. The van der Waals surface area contributed by atoms with Crippen LogP contribution in [0.25, 0.3) is 11.1 Å². The van der Waals surface area contributed by atoms with Crippen LogP contribution in [0.1, 0.15) is 83.3 Å². The van der Waals surface area contributed by atoms with E-state index in [1.54, 1.807) is 27.7 Å². The Balaban J connectivity index is 1.22. The minimum Gasteiger partial charge on any atom is -0.480 e. The van der Waals surface area contributed by atoms with Gasteiger partial charge in [0, 0.05) is 18.9 Å². The number of rotatable bonds is 11. The number of benzene rings is 2. The number of amides is 3. The van der Waals surface area contributed by atoms with Crippen molar-refractivity contribution >= 4 is 29.8 Å². The van der Waals surface area contributed by atoms with E-state index in [2.05, 4.69) is 28.1 Å². The number of nitrogens with zero attached hydrogens (tertiary/aromatic N) is 1. The summed E-state index contributed by atoms with van der Waals surface area (Å²) in [6.45, 7) is 6.72. The molecule has 4 N–H and O–H groups in total. The molecule has 1 saturated carbocycles. The van der Waals surface area contributed by atoms with Gasteiger partial charge >= 0.3 is 18.0 Å². The average molecular weight is 677 g/mol. The van der Waals surface area contributed by atoms with Crippen LogP contribution >= 0.6 is 0 Å². The fraction of sp³-hybridized carbons (Fsp3) is 0.541. The van der Waals surface area contributed by atoms with E-state index in [-0.39, 0.29) is 38.0 Å². The first kappa shape index (κ1) is 35.8. The van der Waals surface area contributed by atoms with Crippen molar-refractivity contribution in [2.45, 2.75) is 102 Å². The number of aliphatic carboxylic acids is 1. The van der Waals surface area contributed by atoms with Gasteiger partial charge in [-0.1, -0.05) is 67.8 Å². The van der Waals surface area contributed by atoms with E-state index in [0.717, 1.165) is 41.5 Å². The molecule has 1 aliphatic heterocycles. The lowest BCUT2D eigenvalue weighted by atomic mass is 9.83. The van der Waals surface area contributed by atoms with Gasteiger partial charge in [0.25, 0.3) is 0 Å². The molecular weight excluding hydrogens is 628 g/mol. The van der Waals surface area contributed by atoms with E-state index in [1.807, 2.05) is 36.4 Å². The summed E-state index contributed by atoms with van der Waals surface area (Å²) in [5, 5.41) is 18.6. The number of alkyl carbamates (subject to hydrolysis) is 1. The van der Waals surface area contributed by atoms with Crippen molar-refractivity contribution in [1.82, 2.24) is 20.9 Å². The molecule has 2 aliphatic carbocycles. The molecular formula is C37H48N4O8. The topological polar surface area (TPSA) is 163 Å². The molecule has 3 aliphatic rings. The number of nitrogens with one attached hydrogen (secondary N) is 3. The molecule has 3 amide bonds. The van der Waals surface area contributed by atoms with Gasteiger partial charge in [-0.25, -0.2) is 9.59 Å². The maximum atomic E-state index is 14.1. The highest BCUT2D eigenvalue weighted by Crippen LogP contribution is 2.44. The second-order valence-corrected chi connectivity index (χ2v) is 14.3. The number of carbonyl (C=O) groups excluding carboxylic acids is 4. The standard InChI is InChI=1S/C37H48N4O8/c1-22(38-19-31(42)49-37(2,3)4)33(43)40-32(23-12-6-5-7-13-23)34(44)41-20-24(18-30(41)35(45)46)39-36(47)48-21-29-27-16-10-8-14-25(27)26-15-9-11-17-28(26)29/h8-11,14-17,22-24,29-30,32,38H,5-7,12-13,18-21H2,1-4H3,(H,39,47)(H,40,43)(H,45,46)/t22-,24-,30-,32-/m0/s1. The minimum atomic E-state index is -1.19. The third kappa shape index (κ3) is 8.78. The Morgan fingerprint density at radius 1 is 0.939 bits per heavy atom.